The summed E-state index contributed by atoms with van der Waals surface area (Å²) in [7, 11) is 1.63. The summed E-state index contributed by atoms with van der Waals surface area (Å²) in [6, 6.07) is 19.8. The van der Waals surface area contributed by atoms with Crippen LogP contribution < -0.4 is 19.6 Å². The van der Waals surface area contributed by atoms with Gasteiger partial charge in [0.15, 0.2) is 0 Å². The molecule has 0 aliphatic rings. The molecular formula is C25H25N3O3S. The molecule has 1 N–H and O–H groups in total. The Morgan fingerprint density at radius 2 is 1.72 bits per heavy atom. The number of aromatic nitrogens is 1. The maximum absolute atomic E-state index is 5.96. The van der Waals surface area contributed by atoms with Crippen LogP contribution in [0.3, 0.4) is 0 Å². The van der Waals surface area contributed by atoms with Crippen molar-refractivity contribution < 1.29 is 14.2 Å². The van der Waals surface area contributed by atoms with Gasteiger partial charge in [-0.15, -0.1) is 0 Å². The fraction of sp³-hybridized carbons (Fsp3) is 0.200. The van der Waals surface area contributed by atoms with Crippen LogP contribution in [-0.2, 0) is 0 Å². The van der Waals surface area contributed by atoms with Gasteiger partial charge in [-0.25, -0.2) is 4.98 Å². The fourth-order valence-corrected chi connectivity index (χ4v) is 4.11. The van der Waals surface area contributed by atoms with Gasteiger partial charge in [0, 0.05) is 5.56 Å². The highest BCUT2D eigenvalue weighted by Crippen LogP contribution is 2.26. The van der Waals surface area contributed by atoms with Gasteiger partial charge in [0.25, 0.3) is 0 Å². The molecular weight excluding hydrogens is 422 g/mol. The van der Waals surface area contributed by atoms with E-state index >= 15 is 0 Å². The zero-order valence-corrected chi connectivity index (χ0v) is 19.1. The van der Waals surface area contributed by atoms with E-state index in [-0.39, 0.29) is 0 Å². The third kappa shape index (κ3) is 5.56. The van der Waals surface area contributed by atoms with E-state index < -0.39 is 0 Å². The molecule has 7 heteroatoms. The van der Waals surface area contributed by atoms with Crippen LogP contribution in [0.25, 0.3) is 10.2 Å². The number of aryl methyl sites for hydroxylation is 2. The third-order valence-corrected chi connectivity index (χ3v) is 5.62. The second-order valence-electron chi connectivity index (χ2n) is 7.28. The lowest BCUT2D eigenvalue weighted by atomic mass is 10.1. The summed E-state index contributed by atoms with van der Waals surface area (Å²) >= 11 is 1.55. The van der Waals surface area contributed by atoms with Crippen molar-refractivity contribution in [2.24, 2.45) is 5.10 Å². The summed E-state index contributed by atoms with van der Waals surface area (Å²) in [5.74, 6) is 2.28. The molecule has 4 rings (SSSR count). The topological polar surface area (TPSA) is 65.0 Å². The van der Waals surface area contributed by atoms with Crippen molar-refractivity contribution in [2.75, 3.05) is 25.7 Å². The molecule has 0 fully saturated rings. The highest BCUT2D eigenvalue weighted by atomic mass is 32.1. The molecule has 3 aromatic carbocycles. The lowest BCUT2D eigenvalue weighted by Crippen LogP contribution is -2.10. The van der Waals surface area contributed by atoms with E-state index in [2.05, 4.69) is 35.4 Å². The number of methoxy groups -OCH3 is 1. The predicted octanol–water partition coefficient (Wildman–Crippen LogP) is 5.83. The fourth-order valence-electron chi connectivity index (χ4n) is 3.29. The Kier molecular flexibility index (Phi) is 6.87. The summed E-state index contributed by atoms with van der Waals surface area (Å²) in [5.41, 5.74) is 7.10. The first-order valence-corrected chi connectivity index (χ1v) is 11.1. The Morgan fingerprint density at radius 1 is 0.938 bits per heavy atom. The average molecular weight is 448 g/mol. The summed E-state index contributed by atoms with van der Waals surface area (Å²) in [6.07, 6.45) is 1.70. The molecule has 0 bridgehead atoms. The number of para-hydroxylation sites is 1. The summed E-state index contributed by atoms with van der Waals surface area (Å²) in [6.45, 7) is 4.96. The smallest absolute Gasteiger partial charge is 0.204 e. The second-order valence-corrected chi connectivity index (χ2v) is 8.31. The van der Waals surface area contributed by atoms with Crippen molar-refractivity contribution in [1.29, 1.82) is 0 Å². The number of hydrazone groups is 1. The number of anilines is 1. The van der Waals surface area contributed by atoms with E-state index in [1.165, 1.54) is 11.1 Å². The molecule has 0 aliphatic heterocycles. The van der Waals surface area contributed by atoms with Crippen molar-refractivity contribution in [3.63, 3.8) is 0 Å². The van der Waals surface area contributed by atoms with Crippen molar-refractivity contribution in [3.8, 4) is 17.2 Å². The zero-order valence-electron chi connectivity index (χ0n) is 18.3. The van der Waals surface area contributed by atoms with E-state index in [4.69, 9.17) is 14.2 Å². The van der Waals surface area contributed by atoms with Gasteiger partial charge in [0.1, 0.15) is 30.5 Å². The number of rotatable bonds is 9. The molecule has 0 atom stereocenters. The number of hydrogen-bond donors (Lipinski definition) is 1. The van der Waals surface area contributed by atoms with Crippen LogP contribution in [0.1, 0.15) is 16.7 Å². The zero-order chi connectivity index (χ0) is 22.3. The van der Waals surface area contributed by atoms with Crippen molar-refractivity contribution in [1.82, 2.24) is 4.98 Å². The number of nitrogens with zero attached hydrogens (tertiary/aromatic N) is 2. The maximum atomic E-state index is 5.96. The van der Waals surface area contributed by atoms with Crippen LogP contribution in [0.4, 0.5) is 5.13 Å². The summed E-state index contributed by atoms with van der Waals surface area (Å²) < 4.78 is 18.3. The van der Waals surface area contributed by atoms with Gasteiger partial charge in [0.05, 0.1) is 23.5 Å². The van der Waals surface area contributed by atoms with Crippen molar-refractivity contribution >= 4 is 32.9 Å². The molecule has 4 aromatic rings. The van der Waals surface area contributed by atoms with E-state index in [0.717, 1.165) is 32.4 Å². The first kappa shape index (κ1) is 21.6. The van der Waals surface area contributed by atoms with Gasteiger partial charge in [-0.3, -0.25) is 5.43 Å². The van der Waals surface area contributed by atoms with Crippen LogP contribution in [0, 0.1) is 13.8 Å². The average Bonchev–Trinajstić information content (AvgIpc) is 3.19. The van der Waals surface area contributed by atoms with E-state index in [1.807, 2.05) is 54.6 Å². The van der Waals surface area contributed by atoms with Crippen LogP contribution in [0.5, 0.6) is 17.2 Å². The van der Waals surface area contributed by atoms with Crippen molar-refractivity contribution in [2.45, 2.75) is 13.8 Å². The van der Waals surface area contributed by atoms with Crippen LogP contribution in [-0.4, -0.2) is 31.5 Å². The monoisotopic (exact) mass is 447 g/mol. The number of nitrogens with one attached hydrogen (secondary N) is 1. The van der Waals surface area contributed by atoms with E-state index in [0.29, 0.717) is 19.0 Å². The number of hydrogen-bond acceptors (Lipinski definition) is 7. The van der Waals surface area contributed by atoms with Gasteiger partial charge in [0.2, 0.25) is 5.13 Å². The van der Waals surface area contributed by atoms with Gasteiger partial charge in [-0.05, 0) is 67.4 Å². The number of benzene rings is 3. The molecule has 0 saturated carbocycles. The molecule has 0 radical (unpaired) electrons. The molecule has 1 aromatic heterocycles. The Balaban J connectivity index is 1.39. The first-order chi connectivity index (χ1) is 15.6. The van der Waals surface area contributed by atoms with Crippen molar-refractivity contribution in [3.05, 3.63) is 77.4 Å². The van der Waals surface area contributed by atoms with Gasteiger partial charge in [-0.2, -0.15) is 5.10 Å². The normalized spacial score (nSPS) is 11.1. The summed E-state index contributed by atoms with van der Waals surface area (Å²) in [5, 5.41) is 5.08. The lowest BCUT2D eigenvalue weighted by molar-refractivity contribution is 0.216. The minimum absolute atomic E-state index is 0.408. The molecule has 164 valence electrons. The van der Waals surface area contributed by atoms with E-state index in [1.54, 1.807) is 24.7 Å². The minimum Gasteiger partial charge on any atom is -0.497 e. The van der Waals surface area contributed by atoms with Gasteiger partial charge < -0.3 is 14.2 Å². The Morgan fingerprint density at radius 3 is 2.50 bits per heavy atom. The van der Waals surface area contributed by atoms with Gasteiger partial charge >= 0.3 is 0 Å². The number of ether oxygens (including phenoxy) is 3. The highest BCUT2D eigenvalue weighted by Gasteiger charge is 2.06. The number of fused-ring (bicyclic) bond motifs is 1. The first-order valence-electron chi connectivity index (χ1n) is 10.3. The predicted molar refractivity (Wildman–Crippen MR) is 131 cm³/mol. The number of thiazole rings is 1. The lowest BCUT2D eigenvalue weighted by Gasteiger charge is -2.12. The largest absolute Gasteiger partial charge is 0.497 e. The standard InChI is InChI=1S/C25H25N3O3S/c1-17-12-18(2)14-21(13-17)30-10-11-31-23-9-8-20(29-3)15-19(23)16-26-28-25-27-22-6-4-5-7-24(22)32-25/h4-9,12-16H,10-11H2,1-3H3,(H,27,28). The Hall–Kier alpha value is -3.58. The molecule has 0 aliphatic carbocycles. The minimum atomic E-state index is 0.408. The maximum Gasteiger partial charge on any atom is 0.204 e. The molecule has 32 heavy (non-hydrogen) atoms. The SMILES string of the molecule is COc1ccc(OCCOc2cc(C)cc(C)c2)c(C=NNc2nc3ccccc3s2)c1. The summed E-state index contributed by atoms with van der Waals surface area (Å²) in [4.78, 5) is 4.52. The molecule has 0 saturated heterocycles. The van der Waals surface area contributed by atoms with Crippen LogP contribution in [0.2, 0.25) is 0 Å². The Bertz CT molecular complexity index is 1180. The highest BCUT2D eigenvalue weighted by molar-refractivity contribution is 7.22. The molecule has 6 nitrogen and oxygen atoms in total. The Labute approximate surface area is 191 Å². The second kappa shape index (κ2) is 10.2. The molecule has 0 amide bonds. The molecule has 0 spiro atoms. The van der Waals surface area contributed by atoms with Crippen LogP contribution in [0.15, 0.2) is 65.8 Å². The third-order valence-electron chi connectivity index (χ3n) is 4.68. The van der Waals surface area contributed by atoms with E-state index in [9.17, 15) is 0 Å². The quantitative estimate of drug-likeness (QED) is 0.199. The van der Waals surface area contributed by atoms with Crippen LogP contribution >= 0.6 is 11.3 Å². The molecule has 1 heterocycles. The van der Waals surface area contributed by atoms with Gasteiger partial charge in [-0.1, -0.05) is 29.5 Å². The molecule has 0 unspecified atom stereocenters.